The molecule has 1 aromatic heterocycles. The van der Waals surface area contributed by atoms with Gasteiger partial charge in [0.1, 0.15) is 0 Å². The monoisotopic (exact) mass is 267 g/mol. The number of aliphatic hydroxyl groups is 1. The number of likely N-dealkylation sites (N-methyl/N-ethyl adjacent to an activating group) is 1. The van der Waals surface area contributed by atoms with Crippen LogP contribution in [0.15, 0.2) is 4.52 Å². The fraction of sp³-hybridized carbons (Fsp3) is 0.769. The highest BCUT2D eigenvalue weighted by atomic mass is 16.5. The molecule has 1 atom stereocenters. The van der Waals surface area contributed by atoms with Crippen LogP contribution in [0.3, 0.4) is 0 Å². The van der Waals surface area contributed by atoms with Crippen molar-refractivity contribution in [3.05, 3.63) is 11.7 Å². The average Bonchev–Trinajstić information content (AvgIpc) is 3.17. The van der Waals surface area contributed by atoms with E-state index in [1.54, 1.807) is 11.9 Å². The number of nitrogens with zero attached hydrogens (tertiary/aromatic N) is 3. The van der Waals surface area contributed by atoms with E-state index in [-0.39, 0.29) is 18.6 Å². The highest BCUT2D eigenvalue weighted by molar-refractivity contribution is 5.76. The van der Waals surface area contributed by atoms with Gasteiger partial charge in [-0.3, -0.25) is 4.79 Å². The molecule has 0 bridgehead atoms. The molecule has 0 aliphatic heterocycles. The molecule has 0 radical (unpaired) electrons. The van der Waals surface area contributed by atoms with Crippen molar-refractivity contribution in [2.45, 2.75) is 51.0 Å². The Hall–Kier alpha value is -1.43. The van der Waals surface area contributed by atoms with Crippen molar-refractivity contribution < 1.29 is 14.4 Å². The molecule has 19 heavy (non-hydrogen) atoms. The fourth-order valence-electron chi connectivity index (χ4n) is 1.81. The molecule has 0 aromatic carbocycles. The van der Waals surface area contributed by atoms with Crippen LogP contribution in [0, 0.1) is 0 Å². The standard InChI is InChI=1S/C13H21N3O3/c1-9(8-17)16(2)12(18)5-3-4-11-14-13(15-19-11)10-6-7-10/h9-10,17H,3-8H2,1-2H3. The van der Waals surface area contributed by atoms with Crippen LogP contribution in [0.2, 0.25) is 0 Å². The summed E-state index contributed by atoms with van der Waals surface area (Å²) in [5, 5.41) is 12.9. The number of rotatable bonds is 7. The van der Waals surface area contributed by atoms with Crippen molar-refractivity contribution in [2.75, 3.05) is 13.7 Å². The van der Waals surface area contributed by atoms with Crippen LogP contribution >= 0.6 is 0 Å². The number of carbonyl (C=O) groups is 1. The predicted molar refractivity (Wildman–Crippen MR) is 68.5 cm³/mol. The lowest BCUT2D eigenvalue weighted by molar-refractivity contribution is -0.132. The van der Waals surface area contributed by atoms with Gasteiger partial charge in [0.25, 0.3) is 0 Å². The summed E-state index contributed by atoms with van der Waals surface area (Å²) in [4.78, 5) is 17.7. The molecule has 1 heterocycles. The number of aliphatic hydroxyl groups excluding tert-OH is 1. The van der Waals surface area contributed by atoms with Crippen molar-refractivity contribution in [1.82, 2.24) is 15.0 Å². The highest BCUT2D eigenvalue weighted by Gasteiger charge is 2.28. The molecular formula is C13H21N3O3. The first-order chi connectivity index (χ1) is 9.11. The minimum atomic E-state index is -0.141. The van der Waals surface area contributed by atoms with Gasteiger partial charge in [-0.1, -0.05) is 5.16 Å². The minimum Gasteiger partial charge on any atom is -0.394 e. The van der Waals surface area contributed by atoms with Gasteiger partial charge in [0.05, 0.1) is 12.6 Å². The third kappa shape index (κ3) is 3.76. The Balaban J connectivity index is 1.71. The van der Waals surface area contributed by atoms with Gasteiger partial charge < -0.3 is 14.5 Å². The van der Waals surface area contributed by atoms with E-state index in [0.29, 0.717) is 31.1 Å². The molecule has 0 saturated heterocycles. The van der Waals surface area contributed by atoms with Crippen LogP contribution in [0.1, 0.15) is 50.2 Å². The summed E-state index contributed by atoms with van der Waals surface area (Å²) in [5.41, 5.74) is 0. The van der Waals surface area contributed by atoms with Crippen molar-refractivity contribution in [2.24, 2.45) is 0 Å². The van der Waals surface area contributed by atoms with Crippen LogP contribution in [0.25, 0.3) is 0 Å². The summed E-state index contributed by atoms with van der Waals surface area (Å²) in [5.74, 6) is 1.96. The zero-order valence-electron chi connectivity index (χ0n) is 11.5. The second kappa shape index (κ2) is 6.14. The number of amides is 1. The zero-order valence-corrected chi connectivity index (χ0v) is 11.5. The number of carbonyl (C=O) groups excluding carboxylic acids is 1. The maximum absolute atomic E-state index is 11.8. The lowest BCUT2D eigenvalue weighted by atomic mass is 10.2. The van der Waals surface area contributed by atoms with Crippen molar-refractivity contribution >= 4 is 5.91 Å². The molecular weight excluding hydrogens is 246 g/mol. The molecule has 2 rings (SSSR count). The maximum Gasteiger partial charge on any atom is 0.226 e. The van der Waals surface area contributed by atoms with Crippen LogP contribution < -0.4 is 0 Å². The average molecular weight is 267 g/mol. The van der Waals surface area contributed by atoms with E-state index < -0.39 is 0 Å². The molecule has 1 saturated carbocycles. The first-order valence-corrected chi connectivity index (χ1v) is 6.80. The third-order valence-electron chi connectivity index (χ3n) is 3.53. The number of aromatic nitrogens is 2. The molecule has 6 nitrogen and oxygen atoms in total. The zero-order chi connectivity index (χ0) is 13.8. The molecule has 6 heteroatoms. The normalized spacial score (nSPS) is 16.4. The van der Waals surface area contributed by atoms with Gasteiger partial charge >= 0.3 is 0 Å². The molecule has 1 unspecified atom stereocenters. The smallest absolute Gasteiger partial charge is 0.226 e. The van der Waals surface area contributed by atoms with Crippen molar-refractivity contribution in [3.63, 3.8) is 0 Å². The van der Waals surface area contributed by atoms with Crippen molar-refractivity contribution in [3.8, 4) is 0 Å². The molecule has 1 aliphatic carbocycles. The lowest BCUT2D eigenvalue weighted by Crippen LogP contribution is -2.37. The van der Waals surface area contributed by atoms with Crippen LogP contribution in [0.4, 0.5) is 0 Å². The van der Waals surface area contributed by atoms with Gasteiger partial charge in [0.2, 0.25) is 11.8 Å². The highest BCUT2D eigenvalue weighted by Crippen LogP contribution is 2.38. The molecule has 1 fully saturated rings. The van der Waals surface area contributed by atoms with Gasteiger partial charge in [-0.2, -0.15) is 4.98 Å². The fourth-order valence-corrected chi connectivity index (χ4v) is 1.81. The third-order valence-corrected chi connectivity index (χ3v) is 3.53. The second-order valence-electron chi connectivity index (χ2n) is 5.21. The Bertz CT molecular complexity index is 429. The Kier molecular flexibility index (Phi) is 4.52. The molecule has 106 valence electrons. The largest absolute Gasteiger partial charge is 0.394 e. The molecule has 1 amide bonds. The van der Waals surface area contributed by atoms with Crippen molar-refractivity contribution in [1.29, 1.82) is 0 Å². The topological polar surface area (TPSA) is 79.5 Å². The van der Waals surface area contributed by atoms with E-state index >= 15 is 0 Å². The Morgan fingerprint density at radius 1 is 1.58 bits per heavy atom. The van der Waals surface area contributed by atoms with E-state index in [0.717, 1.165) is 18.7 Å². The Morgan fingerprint density at radius 2 is 2.32 bits per heavy atom. The van der Waals surface area contributed by atoms with Gasteiger partial charge in [-0.25, -0.2) is 0 Å². The van der Waals surface area contributed by atoms with Gasteiger partial charge in [0, 0.05) is 25.8 Å². The number of hydrogen-bond donors (Lipinski definition) is 1. The molecule has 0 spiro atoms. The van der Waals surface area contributed by atoms with Gasteiger partial charge in [0.15, 0.2) is 5.82 Å². The van der Waals surface area contributed by atoms with Gasteiger partial charge in [-0.15, -0.1) is 0 Å². The first kappa shape index (κ1) is 14.0. The summed E-state index contributed by atoms with van der Waals surface area (Å²) in [6, 6.07) is -0.141. The van der Waals surface area contributed by atoms with E-state index in [2.05, 4.69) is 10.1 Å². The SMILES string of the molecule is CC(CO)N(C)C(=O)CCCc1nc(C2CC2)no1. The second-order valence-corrected chi connectivity index (χ2v) is 5.21. The van der Waals surface area contributed by atoms with E-state index in [4.69, 9.17) is 9.63 Å². The quantitative estimate of drug-likeness (QED) is 0.800. The van der Waals surface area contributed by atoms with Crippen LogP contribution in [-0.2, 0) is 11.2 Å². The minimum absolute atomic E-state index is 0.0172. The van der Waals surface area contributed by atoms with Crippen LogP contribution in [-0.4, -0.2) is 45.8 Å². The van der Waals surface area contributed by atoms with E-state index in [1.807, 2.05) is 6.92 Å². The lowest BCUT2D eigenvalue weighted by Gasteiger charge is -2.22. The Morgan fingerprint density at radius 3 is 2.95 bits per heavy atom. The predicted octanol–water partition coefficient (Wildman–Crippen LogP) is 1.11. The molecule has 1 aromatic rings. The summed E-state index contributed by atoms with van der Waals surface area (Å²) in [6.07, 6.45) is 4.06. The summed E-state index contributed by atoms with van der Waals surface area (Å²) < 4.78 is 5.15. The van der Waals surface area contributed by atoms with E-state index in [9.17, 15) is 4.79 Å². The maximum atomic E-state index is 11.8. The van der Waals surface area contributed by atoms with Gasteiger partial charge in [-0.05, 0) is 26.2 Å². The summed E-state index contributed by atoms with van der Waals surface area (Å²) >= 11 is 0. The molecule has 1 aliphatic rings. The number of aryl methyl sites for hydroxylation is 1. The van der Waals surface area contributed by atoms with E-state index in [1.165, 1.54) is 0 Å². The number of hydrogen-bond acceptors (Lipinski definition) is 5. The summed E-state index contributed by atoms with van der Waals surface area (Å²) in [6.45, 7) is 1.80. The first-order valence-electron chi connectivity index (χ1n) is 6.80. The molecule has 1 N–H and O–H groups in total. The van der Waals surface area contributed by atoms with Crippen LogP contribution in [0.5, 0.6) is 0 Å². The Labute approximate surface area is 112 Å². The summed E-state index contributed by atoms with van der Waals surface area (Å²) in [7, 11) is 1.71.